The van der Waals surface area contributed by atoms with Gasteiger partial charge in [-0.2, -0.15) is 0 Å². The SMILES string of the molecule is CC[C@@H]1c2cc3[nH]c4c(c5nc(cc6nc(cc([nH]2)[C@@H]1C)C(C(C)=O)=C6C)[C@@H](C)[C@@H]5CCC(=O)OC)C(=O)N(CCCNB(C)O)C(=O)c4c3C. The van der Waals surface area contributed by atoms with E-state index >= 15 is 0 Å². The van der Waals surface area contributed by atoms with Crippen molar-refractivity contribution >= 4 is 52.8 Å². The molecule has 12 nitrogen and oxygen atoms in total. The van der Waals surface area contributed by atoms with Gasteiger partial charge in [0.25, 0.3) is 11.8 Å². The summed E-state index contributed by atoms with van der Waals surface area (Å²) >= 11 is 0. The minimum atomic E-state index is -0.725. The molecule has 0 aliphatic carbocycles. The van der Waals surface area contributed by atoms with Gasteiger partial charge in [0.05, 0.1) is 40.8 Å². The third-order valence-electron chi connectivity index (χ3n) is 11.0. The molecule has 2 amide bonds. The van der Waals surface area contributed by atoms with E-state index in [4.69, 9.17) is 14.7 Å². The van der Waals surface area contributed by atoms with Crippen LogP contribution in [0.4, 0.5) is 0 Å². The second kappa shape index (κ2) is 14.2. The molecular formula is C38H47BN6O6. The number of ether oxygens (including phenoxy) is 1. The average Bonchev–Trinajstić information content (AvgIpc) is 3.76. The predicted octanol–water partition coefficient (Wildman–Crippen LogP) is 5.69. The number of H-pyrrole nitrogens is 2. The highest BCUT2D eigenvalue weighted by Gasteiger charge is 2.41. The minimum absolute atomic E-state index is 0.0824. The Labute approximate surface area is 298 Å². The minimum Gasteiger partial charge on any atom is -0.469 e. The fourth-order valence-corrected chi connectivity index (χ4v) is 8.07. The van der Waals surface area contributed by atoms with Crippen molar-refractivity contribution < 1.29 is 28.9 Å². The maximum Gasteiger partial charge on any atom is 0.373 e. The Hall–Kier alpha value is -4.62. The zero-order chi connectivity index (χ0) is 36.9. The van der Waals surface area contributed by atoms with E-state index in [1.165, 1.54) is 12.0 Å². The zero-order valence-electron chi connectivity index (χ0n) is 30.7. The number of aromatic amines is 2. The molecule has 2 aromatic rings. The van der Waals surface area contributed by atoms with Crippen LogP contribution in [0.3, 0.4) is 0 Å². The first-order valence-electron chi connectivity index (χ1n) is 17.9. The van der Waals surface area contributed by atoms with Crippen LogP contribution in [0.15, 0.2) is 18.2 Å². The van der Waals surface area contributed by atoms with Crippen LogP contribution in [-0.2, 0) is 14.3 Å². The molecule has 0 unspecified atom stereocenters. The van der Waals surface area contributed by atoms with Crippen LogP contribution in [0.5, 0.6) is 0 Å². The summed E-state index contributed by atoms with van der Waals surface area (Å²) in [6.07, 6.45) is 1.76. The van der Waals surface area contributed by atoms with Crippen LogP contribution in [0.1, 0.15) is 144 Å². The van der Waals surface area contributed by atoms with E-state index in [2.05, 4.69) is 29.0 Å². The summed E-state index contributed by atoms with van der Waals surface area (Å²) in [7, 11) is 0.624. The lowest BCUT2D eigenvalue weighted by Crippen LogP contribution is -2.42. The molecule has 0 radical (unpaired) electrons. The molecule has 0 fully saturated rings. The highest BCUT2D eigenvalue weighted by Crippen LogP contribution is 2.45. The molecule has 4 atom stereocenters. The van der Waals surface area contributed by atoms with E-state index in [1.807, 2.05) is 39.0 Å². The number of nitrogens with one attached hydrogen (secondary N) is 3. The fourth-order valence-electron chi connectivity index (χ4n) is 8.07. The number of ketones is 1. The molecule has 268 valence electrons. The number of aryl methyl sites for hydroxylation is 1. The Morgan fingerprint density at radius 1 is 1.00 bits per heavy atom. The van der Waals surface area contributed by atoms with Gasteiger partial charge in [-0.05, 0) is 82.7 Å². The molecule has 0 saturated heterocycles. The van der Waals surface area contributed by atoms with Crippen LogP contribution in [0, 0.1) is 6.92 Å². The molecule has 0 saturated carbocycles. The van der Waals surface area contributed by atoms with E-state index in [9.17, 15) is 24.2 Å². The lowest BCUT2D eigenvalue weighted by atomic mass is 9.84. The number of fused-ring (bicyclic) bond motifs is 8. The standard InChI is InChI=1S/C38H47BN6O6/c1-9-23-18(2)25-17-30-32(22(6)46)20(4)27(42-30)15-26-19(3)24(11-12-31(47)51-8)35(43-26)34-36-33(21(5)28(44-36)16-29(23)41-25)37(48)45(38(34)49)14-10-13-40-39(7)50/h15-19,23-24,40-41,44,50H,9-14H2,1-8H3/t18-,19+,23+,24+/m1/s1. The number of carbonyl (C=O) groups is 4. The highest BCUT2D eigenvalue weighted by molar-refractivity contribution is 6.45. The lowest BCUT2D eigenvalue weighted by molar-refractivity contribution is -0.140. The van der Waals surface area contributed by atoms with E-state index < -0.39 is 13.0 Å². The molecule has 8 bridgehead atoms. The molecule has 13 heteroatoms. The van der Waals surface area contributed by atoms with Crippen LogP contribution in [0.25, 0.3) is 22.2 Å². The molecule has 0 spiro atoms. The smallest absolute Gasteiger partial charge is 0.373 e. The highest BCUT2D eigenvalue weighted by atomic mass is 16.5. The van der Waals surface area contributed by atoms with Crippen molar-refractivity contribution in [1.29, 1.82) is 0 Å². The van der Waals surface area contributed by atoms with Gasteiger partial charge in [0.1, 0.15) is 0 Å². The molecule has 4 aliphatic heterocycles. The number of amides is 2. The zero-order valence-corrected chi connectivity index (χ0v) is 30.7. The normalized spacial score (nSPS) is 20.5. The van der Waals surface area contributed by atoms with Gasteiger partial charge in [0.2, 0.25) is 0 Å². The Morgan fingerprint density at radius 3 is 2.39 bits per heavy atom. The van der Waals surface area contributed by atoms with Crippen molar-refractivity contribution in [1.82, 2.24) is 30.1 Å². The third-order valence-corrected chi connectivity index (χ3v) is 11.0. The first-order chi connectivity index (χ1) is 24.3. The Morgan fingerprint density at radius 2 is 1.73 bits per heavy atom. The Kier molecular flexibility index (Phi) is 10.1. The topological polar surface area (TPSA) is 170 Å². The number of aromatic nitrogens is 4. The molecule has 6 rings (SSSR count). The molecule has 4 aliphatic rings. The largest absolute Gasteiger partial charge is 0.469 e. The van der Waals surface area contributed by atoms with Gasteiger partial charge in [-0.3, -0.25) is 29.1 Å². The van der Waals surface area contributed by atoms with E-state index in [0.717, 1.165) is 28.9 Å². The molecular weight excluding hydrogens is 647 g/mol. The van der Waals surface area contributed by atoms with Crippen LogP contribution in [0.2, 0.25) is 6.82 Å². The van der Waals surface area contributed by atoms with Crippen molar-refractivity contribution in [3.63, 3.8) is 0 Å². The number of imide groups is 1. The number of rotatable bonds is 10. The molecule has 0 aromatic carbocycles. The second-order valence-corrected chi connectivity index (χ2v) is 14.2. The number of allylic oxidation sites excluding steroid dienone is 2. The average molecular weight is 695 g/mol. The first-order valence-corrected chi connectivity index (χ1v) is 17.9. The fraction of sp³-hybridized carbons (Fsp3) is 0.474. The number of nitrogens with zero attached hydrogens (tertiary/aromatic N) is 3. The monoisotopic (exact) mass is 694 g/mol. The number of Topliss-reactive ketones (excluding diaryl/α,β-unsaturated/α-hetero) is 1. The van der Waals surface area contributed by atoms with E-state index in [0.29, 0.717) is 69.9 Å². The first kappa shape index (κ1) is 36.2. The van der Waals surface area contributed by atoms with Crippen molar-refractivity contribution in [3.8, 4) is 0 Å². The third kappa shape index (κ3) is 6.42. The van der Waals surface area contributed by atoms with Crippen LogP contribution >= 0.6 is 0 Å². The van der Waals surface area contributed by atoms with E-state index in [-0.39, 0.29) is 54.3 Å². The molecule has 51 heavy (non-hydrogen) atoms. The summed E-state index contributed by atoms with van der Waals surface area (Å²) in [5.74, 6) is -1.66. The molecule has 2 aromatic heterocycles. The summed E-state index contributed by atoms with van der Waals surface area (Å²) in [5.41, 5.74) is 8.15. The van der Waals surface area contributed by atoms with Crippen LogP contribution in [-0.4, -0.2) is 80.7 Å². The second-order valence-electron chi connectivity index (χ2n) is 14.2. The summed E-state index contributed by atoms with van der Waals surface area (Å²) < 4.78 is 4.99. The van der Waals surface area contributed by atoms with Crippen molar-refractivity contribution in [2.45, 2.75) is 97.7 Å². The Balaban J connectivity index is 1.70. The van der Waals surface area contributed by atoms with Crippen LogP contribution < -0.4 is 5.23 Å². The number of hydrogen-bond acceptors (Lipinski definition) is 9. The van der Waals surface area contributed by atoms with Gasteiger partial charge in [-0.1, -0.05) is 20.8 Å². The summed E-state index contributed by atoms with van der Waals surface area (Å²) in [4.78, 5) is 72.8. The van der Waals surface area contributed by atoms with Gasteiger partial charge in [-0.15, -0.1) is 0 Å². The number of hydrogen-bond donors (Lipinski definition) is 4. The van der Waals surface area contributed by atoms with Crippen molar-refractivity contribution in [2.75, 3.05) is 20.2 Å². The predicted molar refractivity (Wildman–Crippen MR) is 196 cm³/mol. The number of carbonyl (C=O) groups excluding carboxylic acids is 4. The van der Waals surface area contributed by atoms with Crippen molar-refractivity contribution in [3.05, 3.63) is 69.1 Å². The maximum absolute atomic E-state index is 14.6. The number of methoxy groups -OCH3 is 1. The quantitative estimate of drug-likeness (QED) is 0.106. The van der Waals surface area contributed by atoms with E-state index in [1.54, 1.807) is 13.7 Å². The molecule has 4 N–H and O–H groups in total. The van der Waals surface area contributed by atoms with Crippen molar-refractivity contribution in [2.24, 2.45) is 0 Å². The van der Waals surface area contributed by atoms with Gasteiger partial charge in [0, 0.05) is 64.8 Å². The Bertz CT molecular complexity index is 2040. The lowest BCUT2D eigenvalue weighted by Gasteiger charge is -2.27. The number of esters is 1. The summed E-state index contributed by atoms with van der Waals surface area (Å²) in [6, 6.07) is 5.88. The maximum atomic E-state index is 14.6. The van der Waals surface area contributed by atoms with Gasteiger partial charge in [0.15, 0.2) is 5.78 Å². The van der Waals surface area contributed by atoms with Gasteiger partial charge in [-0.25, -0.2) is 4.98 Å². The summed E-state index contributed by atoms with van der Waals surface area (Å²) in [5, 5.41) is 12.7. The van der Waals surface area contributed by atoms with Gasteiger partial charge < -0.3 is 25.0 Å². The molecule has 6 heterocycles. The van der Waals surface area contributed by atoms with Gasteiger partial charge >= 0.3 is 13.0 Å². The summed E-state index contributed by atoms with van der Waals surface area (Å²) in [6.45, 7) is 13.8.